The van der Waals surface area contributed by atoms with Crippen molar-refractivity contribution in [1.29, 1.82) is 0 Å². The fourth-order valence-corrected chi connectivity index (χ4v) is 5.88. The Morgan fingerprint density at radius 1 is 1.25 bits per heavy atom. The van der Waals surface area contributed by atoms with E-state index < -0.39 is 65.2 Å². The van der Waals surface area contributed by atoms with Crippen LogP contribution in [0.5, 0.6) is 0 Å². The lowest BCUT2D eigenvalue weighted by atomic mass is 9.64. The topological polar surface area (TPSA) is 121 Å². The molecule has 0 amide bonds. The molecule has 5 rings (SSSR count). The van der Waals surface area contributed by atoms with Crippen molar-refractivity contribution in [2.24, 2.45) is 0 Å². The van der Waals surface area contributed by atoms with Crippen LogP contribution in [0, 0.1) is 0 Å². The summed E-state index contributed by atoms with van der Waals surface area (Å²) in [4.78, 5) is 38.3. The second kappa shape index (κ2) is 6.30. The van der Waals surface area contributed by atoms with Crippen LogP contribution in [0.3, 0.4) is 0 Å². The van der Waals surface area contributed by atoms with Crippen LogP contribution in [0.4, 0.5) is 0 Å². The summed E-state index contributed by atoms with van der Waals surface area (Å²) in [5, 5.41) is 9.33. The van der Waals surface area contributed by atoms with Crippen molar-refractivity contribution in [3.05, 3.63) is 36.0 Å². The Morgan fingerprint density at radius 2 is 1.97 bits per heavy atom. The van der Waals surface area contributed by atoms with Crippen LogP contribution in [0.15, 0.2) is 36.0 Å². The molecule has 0 unspecified atom stereocenters. The number of ether oxygens (including phenoxy) is 5. The quantitative estimate of drug-likeness (QED) is 0.293. The zero-order valence-corrected chi connectivity index (χ0v) is 18.3. The molecule has 7 atom stereocenters. The van der Waals surface area contributed by atoms with Gasteiger partial charge in [0.05, 0.1) is 28.9 Å². The van der Waals surface area contributed by atoms with Gasteiger partial charge in [0.15, 0.2) is 11.7 Å². The molecule has 5 aliphatic rings. The van der Waals surface area contributed by atoms with E-state index in [0.717, 1.165) is 0 Å². The molecule has 9 heteroatoms. The first kappa shape index (κ1) is 21.4. The summed E-state index contributed by atoms with van der Waals surface area (Å²) in [6.45, 7) is 12.2. The number of allylic oxidation sites excluding steroid dienone is 1. The normalized spacial score (nSPS) is 47.4. The van der Waals surface area contributed by atoms with Gasteiger partial charge in [-0.3, -0.25) is 0 Å². The number of carbonyl (C=O) groups is 3. The highest BCUT2D eigenvalue weighted by atomic mass is 16.7. The van der Waals surface area contributed by atoms with Crippen LogP contribution in [0.25, 0.3) is 0 Å². The van der Waals surface area contributed by atoms with Crippen molar-refractivity contribution < 1.29 is 43.2 Å². The number of carbonyl (C=O) groups excluding carboxylic acids is 3. The molecule has 2 bridgehead atoms. The van der Waals surface area contributed by atoms with E-state index in [1.54, 1.807) is 19.9 Å². The predicted molar refractivity (Wildman–Crippen MR) is 107 cm³/mol. The van der Waals surface area contributed by atoms with Crippen LogP contribution in [-0.4, -0.2) is 70.3 Å². The van der Waals surface area contributed by atoms with Gasteiger partial charge in [-0.25, -0.2) is 14.4 Å². The van der Waals surface area contributed by atoms with Gasteiger partial charge in [0.25, 0.3) is 0 Å². The molecular formula is C23H26O9. The van der Waals surface area contributed by atoms with Gasteiger partial charge in [-0.05, 0) is 33.6 Å². The lowest BCUT2D eigenvalue weighted by Crippen LogP contribution is -2.71. The van der Waals surface area contributed by atoms with Gasteiger partial charge in [0, 0.05) is 6.42 Å². The van der Waals surface area contributed by atoms with Crippen molar-refractivity contribution in [3.63, 3.8) is 0 Å². The van der Waals surface area contributed by atoms with Crippen molar-refractivity contribution in [1.82, 2.24) is 0 Å². The van der Waals surface area contributed by atoms with E-state index in [1.807, 2.05) is 6.92 Å². The van der Waals surface area contributed by atoms with Crippen molar-refractivity contribution in [2.45, 2.75) is 80.7 Å². The Balaban J connectivity index is 1.71. The van der Waals surface area contributed by atoms with Crippen LogP contribution >= 0.6 is 0 Å². The third-order valence-electron chi connectivity index (χ3n) is 7.81. The third kappa shape index (κ3) is 2.36. The Hall–Kier alpha value is -2.49. The highest BCUT2D eigenvalue weighted by Crippen LogP contribution is 2.64. The second-order valence-electron chi connectivity index (χ2n) is 9.56. The van der Waals surface area contributed by atoms with Crippen LogP contribution in [0.1, 0.15) is 40.0 Å². The number of hydrogen-bond acceptors (Lipinski definition) is 9. The van der Waals surface area contributed by atoms with E-state index in [-0.39, 0.29) is 17.6 Å². The SMILES string of the molecule is C=C(CO)C(=O)O[C@H]1C[C@@]2(C)OC(=O)/C(=C/C)[C@]23CC[C@@]2(C)O[C@@H]2[C@H]2OC(=O)C(=C)[C@]12O3. The fourth-order valence-electron chi connectivity index (χ4n) is 5.88. The highest BCUT2D eigenvalue weighted by Gasteiger charge is 2.80. The summed E-state index contributed by atoms with van der Waals surface area (Å²) in [6.07, 6.45) is 0.119. The van der Waals surface area contributed by atoms with E-state index in [1.165, 1.54) is 0 Å². The summed E-state index contributed by atoms with van der Waals surface area (Å²) < 4.78 is 30.0. The standard InChI is InChI=1S/C23H26O9/c1-6-13-19(27)31-21(5)9-14(28-17(25)11(2)10-24)23-12(3)18(26)29-16(23)15-20(4,30-15)7-8-22(13,21)32-23/h6,14-16,24H,2-3,7-10H2,1,4-5H3/b13-6-/t14-,15+,16+,20+,21+,22+,23-/m0/s1. The van der Waals surface area contributed by atoms with Gasteiger partial charge < -0.3 is 28.8 Å². The van der Waals surface area contributed by atoms with Gasteiger partial charge in [0.2, 0.25) is 0 Å². The highest BCUT2D eigenvalue weighted by molar-refractivity contribution is 5.96. The molecule has 0 radical (unpaired) electrons. The lowest BCUT2D eigenvalue weighted by molar-refractivity contribution is -0.288. The van der Waals surface area contributed by atoms with Gasteiger partial charge in [-0.2, -0.15) is 0 Å². The number of hydrogen-bond donors (Lipinski definition) is 1. The molecule has 172 valence electrons. The molecule has 2 spiro atoms. The summed E-state index contributed by atoms with van der Waals surface area (Å²) in [6, 6.07) is 0. The van der Waals surface area contributed by atoms with Crippen molar-refractivity contribution in [3.8, 4) is 0 Å². The first-order valence-corrected chi connectivity index (χ1v) is 10.7. The van der Waals surface area contributed by atoms with Gasteiger partial charge in [-0.15, -0.1) is 0 Å². The van der Waals surface area contributed by atoms with Gasteiger partial charge >= 0.3 is 17.9 Å². The molecule has 0 saturated carbocycles. The van der Waals surface area contributed by atoms with Crippen molar-refractivity contribution in [2.75, 3.05) is 6.61 Å². The van der Waals surface area contributed by atoms with Crippen LogP contribution < -0.4 is 0 Å². The smallest absolute Gasteiger partial charge is 0.337 e. The summed E-state index contributed by atoms with van der Waals surface area (Å²) >= 11 is 0. The lowest BCUT2D eigenvalue weighted by Gasteiger charge is -2.56. The number of aliphatic hydroxyl groups is 1. The number of epoxide rings is 1. The maximum Gasteiger partial charge on any atom is 0.337 e. The predicted octanol–water partition coefficient (Wildman–Crippen LogP) is 1.04. The minimum atomic E-state index is -1.59. The minimum Gasteiger partial charge on any atom is -0.455 e. The van der Waals surface area contributed by atoms with E-state index >= 15 is 0 Å². The molecule has 0 aliphatic carbocycles. The molecule has 5 saturated heterocycles. The summed E-state index contributed by atoms with van der Waals surface area (Å²) in [7, 11) is 0. The third-order valence-corrected chi connectivity index (χ3v) is 7.81. The molecule has 5 heterocycles. The number of aliphatic hydroxyl groups excluding tert-OH is 1. The molecule has 0 aromatic heterocycles. The van der Waals surface area contributed by atoms with Gasteiger partial charge in [0.1, 0.15) is 23.4 Å². The molecule has 0 aromatic rings. The number of fused-ring (bicyclic) bond motifs is 2. The average molecular weight is 446 g/mol. The molecule has 1 N–H and O–H groups in total. The largest absolute Gasteiger partial charge is 0.455 e. The molecule has 9 nitrogen and oxygen atoms in total. The Morgan fingerprint density at radius 3 is 2.62 bits per heavy atom. The summed E-state index contributed by atoms with van der Waals surface area (Å²) in [5.74, 6) is -2.05. The van der Waals surface area contributed by atoms with E-state index in [0.29, 0.717) is 18.4 Å². The van der Waals surface area contributed by atoms with Crippen LogP contribution in [-0.2, 0) is 38.1 Å². The number of rotatable bonds is 3. The number of esters is 3. The molecule has 5 fully saturated rings. The average Bonchev–Trinajstić information content (AvgIpc) is 3.26. The second-order valence-corrected chi connectivity index (χ2v) is 9.56. The maximum atomic E-state index is 12.9. The van der Waals surface area contributed by atoms with Crippen LogP contribution in [0.2, 0.25) is 0 Å². The Bertz CT molecular complexity index is 1010. The molecule has 32 heavy (non-hydrogen) atoms. The first-order valence-electron chi connectivity index (χ1n) is 10.7. The Kier molecular flexibility index (Phi) is 4.21. The van der Waals surface area contributed by atoms with Gasteiger partial charge in [-0.1, -0.05) is 19.2 Å². The summed E-state index contributed by atoms with van der Waals surface area (Å²) in [5.41, 5.74) is -4.42. The Labute approximate surface area is 185 Å². The zero-order valence-electron chi connectivity index (χ0n) is 18.3. The maximum absolute atomic E-state index is 12.9. The van der Waals surface area contributed by atoms with Crippen molar-refractivity contribution >= 4 is 17.9 Å². The monoisotopic (exact) mass is 446 g/mol. The molecule has 5 aliphatic heterocycles. The molecular weight excluding hydrogens is 420 g/mol. The zero-order chi connectivity index (χ0) is 23.3. The van der Waals surface area contributed by atoms with E-state index in [2.05, 4.69) is 13.2 Å². The van der Waals surface area contributed by atoms with E-state index in [4.69, 9.17) is 23.7 Å². The fraction of sp³-hybridized carbons (Fsp3) is 0.609. The first-order chi connectivity index (χ1) is 15.0. The molecule has 0 aromatic carbocycles. The minimum absolute atomic E-state index is 0.00844. The van der Waals surface area contributed by atoms with E-state index in [9.17, 15) is 19.5 Å².